The van der Waals surface area contributed by atoms with E-state index in [1.54, 1.807) is 53.7 Å². The van der Waals surface area contributed by atoms with E-state index in [9.17, 15) is 0 Å². The van der Waals surface area contributed by atoms with Crippen LogP contribution in [0, 0.1) is 0 Å². The van der Waals surface area contributed by atoms with Crippen LogP contribution in [0.15, 0.2) is 53.8 Å². The highest BCUT2D eigenvalue weighted by Crippen LogP contribution is 2.57. The molecule has 0 saturated carbocycles. The zero-order valence-electron chi connectivity index (χ0n) is 40.2. The van der Waals surface area contributed by atoms with Gasteiger partial charge in [-0.2, -0.15) is 0 Å². The Labute approximate surface area is 398 Å². The van der Waals surface area contributed by atoms with Crippen molar-refractivity contribution in [2.75, 3.05) is 79.6 Å². The van der Waals surface area contributed by atoms with Crippen LogP contribution in [0.1, 0.15) is 52.7 Å². The second-order valence-electron chi connectivity index (χ2n) is 16.6. The molecule has 372 valence electrons. The van der Waals surface area contributed by atoms with Gasteiger partial charge in [-0.3, -0.25) is 0 Å². The molecule has 9 rings (SSSR count). The van der Waals surface area contributed by atoms with Crippen molar-refractivity contribution in [3.05, 3.63) is 55.7 Å². The van der Waals surface area contributed by atoms with Crippen LogP contribution in [-0.2, 0) is 37.9 Å². The van der Waals surface area contributed by atoms with Crippen LogP contribution >= 0.6 is 0 Å². The number of aromatic nitrogens is 2. The number of methoxy groups -OCH3 is 6. The standard InChI is InChI=1S/C42H50N14O14/c1-37(57-7)39(3,59-9)67-25-23(65-37)31-48-29-21-19(63-17-15-45-55-43)13-14-20(64-18-16-46-56-44)22(21)30(47-29)49-32-24-26(68-40(4,60-10)38(2,58-8)66-24)34(51-32)53-36-28-27(35(54-36)52-33(25)50-31)69-41(5,61-11)42(6,62-12)70-28/h13-14,50,52,54H,15-18H2,1-12H3,(H,47,48,49,51,53)/t37-,38-,39-,40-,41-,42-/m1/s1. The second-order valence-corrected chi connectivity index (χ2v) is 16.6. The molecular weight excluding hydrogens is 925 g/mol. The summed E-state index contributed by atoms with van der Waals surface area (Å²) in [5.41, 5.74) is 18.6. The molecule has 0 radical (unpaired) electrons. The molecule has 0 unspecified atom stereocenters. The van der Waals surface area contributed by atoms with Crippen molar-refractivity contribution in [3.8, 4) is 34.5 Å². The first-order valence-electron chi connectivity index (χ1n) is 21.5. The largest absolute Gasteiger partial charge is 0.493 e. The van der Waals surface area contributed by atoms with Gasteiger partial charge in [0, 0.05) is 94.0 Å². The van der Waals surface area contributed by atoms with E-state index in [0.717, 1.165) is 0 Å². The van der Waals surface area contributed by atoms with Gasteiger partial charge >= 0.3 is 0 Å². The van der Waals surface area contributed by atoms with Crippen LogP contribution in [0.4, 0.5) is 23.3 Å². The van der Waals surface area contributed by atoms with Crippen LogP contribution in [0.25, 0.3) is 20.9 Å². The Kier molecular flexibility index (Phi) is 11.7. The van der Waals surface area contributed by atoms with Crippen LogP contribution < -0.4 is 39.1 Å². The molecule has 6 atom stereocenters. The number of hydrogen-bond donors (Lipinski definition) is 4. The minimum atomic E-state index is -1.58. The normalized spacial score (nSPS) is 28.7. The van der Waals surface area contributed by atoms with Crippen molar-refractivity contribution in [1.29, 1.82) is 0 Å². The molecule has 3 aromatic rings. The summed E-state index contributed by atoms with van der Waals surface area (Å²) in [6, 6.07) is 3.26. The maximum absolute atomic E-state index is 9.03. The minimum absolute atomic E-state index is 0.00499. The van der Waals surface area contributed by atoms with Gasteiger partial charge in [0.25, 0.3) is 34.7 Å². The summed E-state index contributed by atoms with van der Waals surface area (Å²) in [5, 5.41) is 13.9. The van der Waals surface area contributed by atoms with Crippen molar-refractivity contribution in [1.82, 2.24) is 9.97 Å². The fraction of sp³-hybridized carbons (Fsp3) is 0.524. The molecule has 70 heavy (non-hydrogen) atoms. The van der Waals surface area contributed by atoms with E-state index in [4.69, 9.17) is 97.3 Å². The predicted octanol–water partition coefficient (Wildman–Crippen LogP) is 6.52. The quantitative estimate of drug-likeness (QED) is 0.0578. The third kappa shape index (κ3) is 7.22. The molecule has 8 heterocycles. The lowest BCUT2D eigenvalue weighted by Gasteiger charge is -2.46. The van der Waals surface area contributed by atoms with Crippen LogP contribution in [0.5, 0.6) is 34.5 Å². The van der Waals surface area contributed by atoms with Gasteiger partial charge < -0.3 is 86.9 Å². The van der Waals surface area contributed by atoms with E-state index in [1.807, 2.05) is 0 Å². The smallest absolute Gasteiger partial charge is 0.273 e. The molecule has 0 spiro atoms. The fourth-order valence-corrected chi connectivity index (χ4v) is 8.05. The van der Waals surface area contributed by atoms with Crippen molar-refractivity contribution >= 4 is 46.6 Å². The van der Waals surface area contributed by atoms with Crippen molar-refractivity contribution < 1.29 is 66.3 Å². The van der Waals surface area contributed by atoms with Gasteiger partial charge in [0.05, 0.1) is 37.4 Å². The zero-order chi connectivity index (χ0) is 50.0. The van der Waals surface area contributed by atoms with Crippen molar-refractivity contribution in [3.63, 3.8) is 0 Å². The molecule has 6 aliphatic heterocycles. The van der Waals surface area contributed by atoms with Crippen LogP contribution in [-0.4, -0.2) is 137 Å². The average molecular weight is 975 g/mol. The average Bonchev–Trinajstić information content (AvgIpc) is 4.07. The van der Waals surface area contributed by atoms with E-state index in [-0.39, 0.29) is 130 Å². The van der Waals surface area contributed by atoms with E-state index >= 15 is 0 Å². The molecule has 0 aliphatic carbocycles. The number of nitrogens with zero attached hydrogens (tertiary/aromatic N) is 10. The van der Waals surface area contributed by atoms with E-state index in [1.165, 1.54) is 42.7 Å². The minimum Gasteiger partial charge on any atom is -0.493 e. The number of ether oxygens (including phenoxy) is 14. The summed E-state index contributed by atoms with van der Waals surface area (Å²) < 4.78 is 87.7. The highest BCUT2D eigenvalue weighted by molar-refractivity contribution is 6.30. The lowest BCUT2D eigenvalue weighted by Crippen LogP contribution is -2.62. The first kappa shape index (κ1) is 47.6. The summed E-state index contributed by atoms with van der Waals surface area (Å²) in [6.07, 6.45) is 0. The molecule has 28 heteroatoms. The molecule has 2 aromatic heterocycles. The molecule has 8 bridgehead atoms. The Bertz CT molecular complexity index is 2920. The Morgan fingerprint density at radius 2 is 0.900 bits per heavy atom. The second kappa shape index (κ2) is 17.2. The van der Waals surface area contributed by atoms with Gasteiger partial charge in [0.15, 0.2) is 40.8 Å². The Hall–Kier alpha value is -7.42. The summed E-state index contributed by atoms with van der Waals surface area (Å²) in [6.45, 7) is 9.76. The first-order chi connectivity index (χ1) is 33.4. The van der Waals surface area contributed by atoms with Gasteiger partial charge in [0.2, 0.25) is 40.4 Å². The number of H-pyrrole nitrogens is 2. The zero-order valence-corrected chi connectivity index (χ0v) is 40.2. The third-order valence-corrected chi connectivity index (χ3v) is 13.0. The highest BCUT2D eigenvalue weighted by Gasteiger charge is 2.60. The summed E-state index contributed by atoms with van der Waals surface area (Å²) in [5.74, 6) is -7.73. The topological polar surface area (TPSA) is 332 Å². The molecule has 0 fully saturated rings. The Balaban J connectivity index is 1.34. The number of aromatic amines is 2. The van der Waals surface area contributed by atoms with Crippen molar-refractivity contribution in [2.45, 2.75) is 76.3 Å². The number of rotatable bonds is 14. The Morgan fingerprint density at radius 1 is 0.500 bits per heavy atom. The van der Waals surface area contributed by atoms with Crippen LogP contribution in [0.3, 0.4) is 0 Å². The summed E-state index contributed by atoms with van der Waals surface area (Å²) in [7, 11) is 8.67. The molecule has 4 N–H and O–H groups in total. The number of benzene rings is 1. The SMILES string of the molecule is CO[C@]1(C)OC2=C(O[C@@]1(C)OC)C1=NC2=NC2=NC(=Nc3[nH]c(c4c3O[C@@](C)(OC)[C@](C)(OC)O4)Nc3[nH]c(c4c3O[C@@](C)(OC)[C@](C)(OC)O4)N1)c1c(OCCN=[N+]=[N-])ccc(OCCN=[N+]=[N-])c12. The van der Waals surface area contributed by atoms with E-state index < -0.39 is 34.7 Å². The molecule has 6 aliphatic rings. The van der Waals surface area contributed by atoms with Crippen LogP contribution in [0.2, 0.25) is 0 Å². The molecule has 0 amide bonds. The first-order valence-corrected chi connectivity index (χ1v) is 21.5. The van der Waals surface area contributed by atoms with E-state index in [0.29, 0.717) is 0 Å². The lowest BCUT2D eigenvalue weighted by atomic mass is 10.1. The van der Waals surface area contributed by atoms with Gasteiger partial charge in [-0.25, -0.2) is 20.0 Å². The highest BCUT2D eigenvalue weighted by atomic mass is 16.8. The van der Waals surface area contributed by atoms with E-state index in [2.05, 4.69) is 40.7 Å². The third-order valence-electron chi connectivity index (χ3n) is 13.0. The summed E-state index contributed by atoms with van der Waals surface area (Å²) >= 11 is 0. The maximum Gasteiger partial charge on any atom is 0.273 e. The van der Waals surface area contributed by atoms with Crippen molar-refractivity contribution in [2.24, 2.45) is 30.2 Å². The number of hydrogen-bond acceptors (Lipinski definition) is 22. The number of aliphatic imine (C=N–C) groups is 4. The number of azide groups is 2. The van der Waals surface area contributed by atoms with Gasteiger partial charge in [-0.15, -0.1) is 0 Å². The maximum atomic E-state index is 9.03. The molecule has 1 aromatic carbocycles. The summed E-state index contributed by atoms with van der Waals surface area (Å²) in [4.78, 5) is 32.3. The number of anilines is 3. The number of fused-ring (bicyclic) bond motifs is 17. The molecule has 28 nitrogen and oxygen atoms in total. The van der Waals surface area contributed by atoms with Gasteiger partial charge in [-0.1, -0.05) is 10.2 Å². The fourth-order valence-electron chi connectivity index (χ4n) is 8.05. The van der Waals surface area contributed by atoms with Gasteiger partial charge in [0.1, 0.15) is 11.5 Å². The number of amidine groups is 4. The number of nitrogens with one attached hydrogen (secondary N) is 4. The van der Waals surface area contributed by atoms with Gasteiger partial charge in [-0.05, 0) is 23.2 Å². The monoisotopic (exact) mass is 974 g/mol. The molecule has 0 saturated heterocycles. The lowest BCUT2D eigenvalue weighted by molar-refractivity contribution is -0.376. The molecular formula is C42H50N14O14. The predicted molar refractivity (Wildman–Crippen MR) is 246 cm³/mol. The Morgan fingerprint density at radius 3 is 1.39 bits per heavy atom.